The lowest BCUT2D eigenvalue weighted by Crippen LogP contribution is -2.56. The third kappa shape index (κ3) is 13.7. The summed E-state index contributed by atoms with van der Waals surface area (Å²) in [5, 5.41) is 10.1. The Bertz CT molecular complexity index is 1570. The molecule has 0 saturated carbocycles. The van der Waals surface area contributed by atoms with Gasteiger partial charge in [-0.1, -0.05) is 72.4 Å². The molecule has 3 rings (SSSR count). The van der Waals surface area contributed by atoms with Crippen LogP contribution in [-0.4, -0.2) is 93.8 Å². The molecule has 14 nitrogen and oxygen atoms in total. The number of hydrogen-bond donors (Lipinski definition) is 5. The van der Waals surface area contributed by atoms with E-state index in [0.717, 1.165) is 22.9 Å². The average Bonchev–Trinajstić information content (AvgIpc) is 3.57. The Labute approximate surface area is 308 Å². The van der Waals surface area contributed by atoms with Crippen LogP contribution in [0.3, 0.4) is 0 Å². The number of carbonyl (C=O) groups is 7. The molecule has 5 atom stereocenters. The summed E-state index contributed by atoms with van der Waals surface area (Å²) in [5.41, 5.74) is 6.40. The van der Waals surface area contributed by atoms with Crippen molar-refractivity contribution in [2.45, 2.75) is 103 Å². The quantitative estimate of drug-likeness (QED) is 0.171. The number of nitrogens with one attached hydrogen (secondary N) is 4. The van der Waals surface area contributed by atoms with Crippen LogP contribution in [0.2, 0.25) is 0 Å². The van der Waals surface area contributed by atoms with Gasteiger partial charge in [0, 0.05) is 31.6 Å². The molecule has 1 heterocycles. The van der Waals surface area contributed by atoms with Gasteiger partial charge < -0.3 is 36.6 Å². The molecule has 0 bridgehead atoms. The van der Waals surface area contributed by atoms with Gasteiger partial charge >= 0.3 is 6.09 Å². The lowest BCUT2D eigenvalue weighted by Gasteiger charge is -2.29. The molecule has 0 aliphatic carbocycles. The predicted octanol–water partition coefficient (Wildman–Crippen LogP) is 1.99. The molecule has 282 valence electrons. The van der Waals surface area contributed by atoms with E-state index < -0.39 is 71.4 Å². The van der Waals surface area contributed by atoms with Crippen molar-refractivity contribution in [3.8, 4) is 0 Å². The van der Waals surface area contributed by atoms with Gasteiger partial charge in [-0.3, -0.25) is 28.8 Å². The number of hydrogen-bond acceptors (Lipinski definition) is 9. The van der Waals surface area contributed by atoms with Crippen LogP contribution in [0.5, 0.6) is 0 Å². The molecular weight excluding hydrogens is 689 g/mol. The number of nitrogens with two attached hydrogens (primary N) is 1. The topological polar surface area (TPSA) is 206 Å². The van der Waals surface area contributed by atoms with Gasteiger partial charge in [0.25, 0.3) is 0 Å². The van der Waals surface area contributed by atoms with Gasteiger partial charge in [0.15, 0.2) is 0 Å². The van der Waals surface area contributed by atoms with Crippen molar-refractivity contribution in [2.24, 2.45) is 5.73 Å². The van der Waals surface area contributed by atoms with Gasteiger partial charge in [-0.05, 0) is 58.6 Å². The molecule has 2 aromatic rings. The molecule has 6 amide bonds. The summed E-state index contributed by atoms with van der Waals surface area (Å²) in [6.45, 7) is 8.31. The first-order valence-corrected chi connectivity index (χ1v) is 18.3. The fourth-order valence-corrected chi connectivity index (χ4v) is 6.33. The number of carbonyl (C=O) groups excluding carboxylic acids is 7. The van der Waals surface area contributed by atoms with Crippen LogP contribution in [0.1, 0.15) is 65.0 Å². The molecule has 1 saturated heterocycles. The Hall–Kier alpha value is -4.92. The van der Waals surface area contributed by atoms with Crippen LogP contribution >= 0.6 is 11.8 Å². The Morgan fingerprint density at radius 2 is 1.40 bits per heavy atom. The number of rotatable bonds is 16. The van der Waals surface area contributed by atoms with Gasteiger partial charge in [0.05, 0.1) is 0 Å². The fourth-order valence-electron chi connectivity index (χ4n) is 5.50. The van der Waals surface area contributed by atoms with Crippen molar-refractivity contribution in [3.63, 3.8) is 0 Å². The number of ether oxygens (including phenoxy) is 1. The van der Waals surface area contributed by atoms with E-state index in [4.69, 9.17) is 10.5 Å². The summed E-state index contributed by atoms with van der Waals surface area (Å²) in [5.74, 6) is -2.62. The molecule has 0 aromatic heterocycles. The maximum Gasteiger partial charge on any atom is 0.408 e. The van der Waals surface area contributed by atoms with Crippen LogP contribution in [0.25, 0.3) is 0 Å². The minimum Gasteiger partial charge on any atom is -0.444 e. The number of thioether (sulfide) groups is 1. The van der Waals surface area contributed by atoms with Gasteiger partial charge in [-0.15, -0.1) is 0 Å². The van der Waals surface area contributed by atoms with Crippen molar-refractivity contribution in [1.82, 2.24) is 26.2 Å². The third-order valence-corrected chi connectivity index (χ3v) is 9.09. The summed E-state index contributed by atoms with van der Waals surface area (Å²) in [7, 11) is 0. The van der Waals surface area contributed by atoms with Gasteiger partial charge in [0.2, 0.25) is 34.7 Å². The lowest BCUT2D eigenvalue weighted by atomic mass is 10.1. The maximum atomic E-state index is 13.6. The second kappa shape index (κ2) is 19.6. The summed E-state index contributed by atoms with van der Waals surface area (Å²) in [6, 6.07) is 13.5. The molecular formula is C37H50N6O8S. The van der Waals surface area contributed by atoms with E-state index in [1.165, 1.54) is 18.7 Å². The second-order valence-electron chi connectivity index (χ2n) is 13.7. The first kappa shape index (κ1) is 41.5. The summed E-state index contributed by atoms with van der Waals surface area (Å²) in [6.07, 6.45) is 0.469. The molecule has 1 aliphatic heterocycles. The number of primary amides is 1. The highest BCUT2D eigenvalue weighted by Crippen LogP contribution is 2.20. The lowest BCUT2D eigenvalue weighted by molar-refractivity contribution is -0.141. The predicted molar refractivity (Wildman–Crippen MR) is 197 cm³/mol. The molecule has 6 N–H and O–H groups in total. The highest BCUT2D eigenvalue weighted by atomic mass is 32.2. The molecule has 52 heavy (non-hydrogen) atoms. The first-order valence-electron chi connectivity index (χ1n) is 17.3. The summed E-state index contributed by atoms with van der Waals surface area (Å²) < 4.78 is 5.18. The molecule has 0 unspecified atom stereocenters. The van der Waals surface area contributed by atoms with Crippen molar-refractivity contribution in [2.75, 3.05) is 12.3 Å². The highest BCUT2D eigenvalue weighted by molar-refractivity contribution is 8.13. The molecule has 15 heteroatoms. The van der Waals surface area contributed by atoms with Crippen LogP contribution < -0.4 is 27.0 Å². The maximum absolute atomic E-state index is 13.6. The van der Waals surface area contributed by atoms with E-state index >= 15 is 0 Å². The third-order valence-electron chi connectivity index (χ3n) is 8.11. The van der Waals surface area contributed by atoms with Crippen LogP contribution in [-0.2, 0) is 46.3 Å². The van der Waals surface area contributed by atoms with E-state index in [0.29, 0.717) is 12.8 Å². The molecule has 1 fully saturated rings. The zero-order valence-electron chi connectivity index (χ0n) is 30.3. The van der Waals surface area contributed by atoms with Gasteiger partial charge in [-0.2, -0.15) is 0 Å². The Morgan fingerprint density at radius 3 is 1.96 bits per heavy atom. The Kier molecular flexibility index (Phi) is 15.7. The average molecular weight is 739 g/mol. The monoisotopic (exact) mass is 738 g/mol. The molecule has 1 aliphatic rings. The number of alkyl carbamates (subject to hydrolysis) is 1. The van der Waals surface area contributed by atoms with Crippen LogP contribution in [0.4, 0.5) is 4.79 Å². The van der Waals surface area contributed by atoms with E-state index in [2.05, 4.69) is 21.3 Å². The van der Waals surface area contributed by atoms with E-state index in [1.54, 1.807) is 20.8 Å². The highest BCUT2D eigenvalue weighted by Gasteiger charge is 2.38. The molecule has 0 radical (unpaired) electrons. The van der Waals surface area contributed by atoms with Crippen LogP contribution in [0.15, 0.2) is 60.7 Å². The van der Waals surface area contributed by atoms with Crippen LogP contribution in [0, 0.1) is 0 Å². The summed E-state index contributed by atoms with van der Waals surface area (Å²) in [4.78, 5) is 91.5. The van der Waals surface area contributed by atoms with Crippen molar-refractivity contribution in [1.29, 1.82) is 0 Å². The zero-order chi connectivity index (χ0) is 38.4. The fraction of sp³-hybridized carbons (Fsp3) is 0.486. The summed E-state index contributed by atoms with van der Waals surface area (Å²) >= 11 is 0.887. The zero-order valence-corrected chi connectivity index (χ0v) is 31.1. The van der Waals surface area contributed by atoms with Crippen molar-refractivity contribution in [3.05, 3.63) is 71.8 Å². The number of amides is 6. The number of nitrogens with zero attached hydrogens (tertiary/aromatic N) is 1. The largest absolute Gasteiger partial charge is 0.444 e. The standard InChI is InChI=1S/C37H50N6O8S/c1-23(40-36(50)51-37(3,4)5)32(46)39-24(2)34(48)43-19-12-17-29(43)33(47)42-28(22-26-15-10-7-11-16-26)35(49)52-20-18-30(44)41-27(31(38)45)21-25-13-8-6-9-14-25/h6-11,13-16,23-24,27-29H,12,17-22H2,1-5H3,(H2,38,45)(H,39,46)(H,40,50)(H,41,44)(H,42,47)/t23-,24-,27-,28-,29-/m0/s1. The smallest absolute Gasteiger partial charge is 0.408 e. The van der Waals surface area contributed by atoms with E-state index in [9.17, 15) is 33.6 Å². The number of likely N-dealkylation sites (tertiary alicyclic amines) is 1. The Balaban J connectivity index is 1.59. The van der Waals surface area contributed by atoms with Crippen molar-refractivity contribution < 1.29 is 38.3 Å². The normalized spacial score (nSPS) is 16.4. The van der Waals surface area contributed by atoms with Crippen molar-refractivity contribution >= 4 is 52.5 Å². The van der Waals surface area contributed by atoms with Gasteiger partial charge in [0.1, 0.15) is 35.8 Å². The number of benzene rings is 2. The van der Waals surface area contributed by atoms with E-state index in [1.807, 2.05) is 60.7 Å². The van der Waals surface area contributed by atoms with E-state index in [-0.39, 0.29) is 36.7 Å². The van der Waals surface area contributed by atoms with Gasteiger partial charge in [-0.25, -0.2) is 4.79 Å². The molecule has 0 spiro atoms. The second-order valence-corrected chi connectivity index (χ2v) is 14.8. The SMILES string of the molecule is C[C@H](NC(=O)OC(C)(C)C)C(=O)N[C@@H](C)C(=O)N1CCC[C@H]1C(=O)N[C@@H](Cc1ccccc1)C(=O)SCCC(=O)N[C@@H](Cc1ccccc1)C(N)=O. The first-order chi connectivity index (χ1) is 24.5. The Morgan fingerprint density at radius 1 is 0.827 bits per heavy atom. The molecule has 2 aromatic carbocycles. The minimum atomic E-state index is -1.01. The minimum absolute atomic E-state index is 0.0681.